The highest BCUT2D eigenvalue weighted by molar-refractivity contribution is 5.52. The summed E-state index contributed by atoms with van der Waals surface area (Å²) in [5.74, 6) is 0.843. The Morgan fingerprint density at radius 1 is 1.35 bits per heavy atom. The molecular weight excluding hydrogens is 248 g/mol. The highest BCUT2D eigenvalue weighted by Crippen LogP contribution is 2.25. The minimum atomic E-state index is 0.843. The van der Waals surface area contributed by atoms with Gasteiger partial charge in [-0.05, 0) is 51.0 Å². The lowest BCUT2D eigenvalue weighted by molar-refractivity contribution is 0.285. The van der Waals surface area contributed by atoms with Crippen LogP contribution in [-0.2, 0) is 6.54 Å². The molecule has 0 aliphatic carbocycles. The molecule has 0 aromatic carbocycles. The van der Waals surface area contributed by atoms with Gasteiger partial charge in [0, 0.05) is 32.4 Å². The lowest BCUT2D eigenvalue weighted by Crippen LogP contribution is -2.37. The van der Waals surface area contributed by atoms with Crippen LogP contribution in [-0.4, -0.2) is 50.2 Å². The van der Waals surface area contributed by atoms with Gasteiger partial charge in [-0.2, -0.15) is 0 Å². The van der Waals surface area contributed by atoms with Crippen molar-refractivity contribution in [2.75, 3.05) is 45.2 Å². The van der Waals surface area contributed by atoms with Crippen molar-refractivity contribution in [2.45, 2.75) is 26.3 Å². The fourth-order valence-corrected chi connectivity index (χ4v) is 2.98. The Labute approximate surface area is 123 Å². The average Bonchev–Trinajstić information content (AvgIpc) is 2.46. The molecule has 0 atom stereocenters. The second-order valence-electron chi connectivity index (χ2n) is 5.98. The topological polar surface area (TPSA) is 31.4 Å². The number of nitrogens with one attached hydrogen (secondary N) is 1. The lowest BCUT2D eigenvalue weighted by atomic mass is 9.95. The van der Waals surface area contributed by atoms with Gasteiger partial charge in [0.1, 0.15) is 0 Å². The predicted octanol–water partition coefficient (Wildman–Crippen LogP) is 1.97. The van der Waals surface area contributed by atoms with Crippen LogP contribution < -0.4 is 10.2 Å². The monoisotopic (exact) mass is 276 g/mol. The molecule has 4 heteroatoms. The van der Waals surface area contributed by atoms with Gasteiger partial charge in [0.15, 0.2) is 0 Å². The van der Waals surface area contributed by atoms with Crippen LogP contribution in [0.25, 0.3) is 0 Å². The van der Waals surface area contributed by atoms with E-state index in [1.165, 1.54) is 30.6 Å². The number of rotatable bonds is 6. The molecule has 1 aliphatic heterocycles. The Balaban J connectivity index is 1.96. The summed E-state index contributed by atoms with van der Waals surface area (Å²) >= 11 is 0. The van der Waals surface area contributed by atoms with E-state index in [9.17, 15) is 0 Å². The van der Waals surface area contributed by atoms with Crippen LogP contribution >= 0.6 is 0 Å². The van der Waals surface area contributed by atoms with Crippen LogP contribution in [0.3, 0.4) is 0 Å². The number of hydrogen-bond acceptors (Lipinski definition) is 4. The number of aromatic nitrogens is 1. The van der Waals surface area contributed by atoms with Gasteiger partial charge in [-0.25, -0.2) is 0 Å². The van der Waals surface area contributed by atoms with Crippen molar-refractivity contribution in [3.05, 3.63) is 24.0 Å². The lowest BCUT2D eigenvalue weighted by Gasteiger charge is -2.35. The fraction of sp³-hybridized carbons (Fsp3) is 0.688. The van der Waals surface area contributed by atoms with Crippen LogP contribution in [0.15, 0.2) is 18.5 Å². The SMILES string of the molecule is CCNCc1ccncc1N1CCC(CN(C)C)CC1. The third kappa shape index (κ3) is 4.18. The van der Waals surface area contributed by atoms with Gasteiger partial charge >= 0.3 is 0 Å². The highest BCUT2D eigenvalue weighted by Gasteiger charge is 2.21. The van der Waals surface area contributed by atoms with E-state index in [0.717, 1.165) is 32.1 Å². The smallest absolute Gasteiger partial charge is 0.0598 e. The molecule has 0 saturated carbocycles. The van der Waals surface area contributed by atoms with E-state index in [1.54, 1.807) is 0 Å². The summed E-state index contributed by atoms with van der Waals surface area (Å²) in [7, 11) is 4.34. The Hall–Kier alpha value is -1.13. The molecule has 0 bridgehead atoms. The van der Waals surface area contributed by atoms with Crippen LogP contribution in [0.1, 0.15) is 25.3 Å². The number of nitrogens with zero attached hydrogens (tertiary/aromatic N) is 3. The first-order chi connectivity index (χ1) is 9.70. The van der Waals surface area contributed by atoms with Crippen LogP contribution in [0.2, 0.25) is 0 Å². The maximum absolute atomic E-state index is 4.32. The van der Waals surface area contributed by atoms with Crippen molar-refractivity contribution < 1.29 is 0 Å². The minimum absolute atomic E-state index is 0.843. The molecule has 4 nitrogen and oxygen atoms in total. The first kappa shape index (κ1) is 15.3. The zero-order chi connectivity index (χ0) is 14.4. The quantitative estimate of drug-likeness (QED) is 0.861. The highest BCUT2D eigenvalue weighted by atomic mass is 15.1. The predicted molar refractivity (Wildman–Crippen MR) is 85.1 cm³/mol. The van der Waals surface area contributed by atoms with Crippen molar-refractivity contribution in [1.82, 2.24) is 15.2 Å². The standard InChI is InChI=1S/C16H28N4/c1-4-17-11-15-5-8-18-12-16(15)20-9-6-14(7-10-20)13-19(2)3/h5,8,12,14,17H,4,6-7,9-11,13H2,1-3H3. The summed E-state index contributed by atoms with van der Waals surface area (Å²) < 4.78 is 0. The zero-order valence-corrected chi connectivity index (χ0v) is 13.1. The molecule has 1 aliphatic rings. The molecule has 0 unspecified atom stereocenters. The van der Waals surface area contributed by atoms with E-state index in [2.05, 4.69) is 47.2 Å². The van der Waals surface area contributed by atoms with Crippen molar-refractivity contribution in [3.8, 4) is 0 Å². The van der Waals surface area contributed by atoms with Crippen molar-refractivity contribution in [3.63, 3.8) is 0 Å². The fourth-order valence-electron chi connectivity index (χ4n) is 2.98. The molecule has 1 saturated heterocycles. The van der Waals surface area contributed by atoms with Gasteiger partial charge in [0.2, 0.25) is 0 Å². The van der Waals surface area contributed by atoms with E-state index < -0.39 is 0 Å². The van der Waals surface area contributed by atoms with E-state index >= 15 is 0 Å². The van der Waals surface area contributed by atoms with Gasteiger partial charge < -0.3 is 15.1 Å². The van der Waals surface area contributed by atoms with E-state index in [0.29, 0.717) is 0 Å². The van der Waals surface area contributed by atoms with Gasteiger partial charge in [-0.15, -0.1) is 0 Å². The molecule has 1 aromatic rings. The molecule has 2 heterocycles. The van der Waals surface area contributed by atoms with Crippen molar-refractivity contribution >= 4 is 5.69 Å². The zero-order valence-electron chi connectivity index (χ0n) is 13.1. The van der Waals surface area contributed by atoms with Gasteiger partial charge in [-0.3, -0.25) is 4.98 Å². The largest absolute Gasteiger partial charge is 0.370 e. The Morgan fingerprint density at radius 2 is 2.10 bits per heavy atom. The Bertz CT molecular complexity index is 397. The second kappa shape index (κ2) is 7.60. The first-order valence-corrected chi connectivity index (χ1v) is 7.74. The number of anilines is 1. The summed E-state index contributed by atoms with van der Waals surface area (Å²) in [4.78, 5) is 9.13. The maximum Gasteiger partial charge on any atom is 0.0598 e. The van der Waals surface area contributed by atoms with Crippen molar-refractivity contribution in [1.29, 1.82) is 0 Å². The third-order valence-corrected chi connectivity index (χ3v) is 4.03. The summed E-state index contributed by atoms with van der Waals surface area (Å²) in [6.07, 6.45) is 6.50. The summed E-state index contributed by atoms with van der Waals surface area (Å²) in [5.41, 5.74) is 2.68. The minimum Gasteiger partial charge on any atom is -0.370 e. The van der Waals surface area contributed by atoms with Crippen LogP contribution in [0, 0.1) is 5.92 Å². The normalized spacial score (nSPS) is 16.9. The van der Waals surface area contributed by atoms with Crippen LogP contribution in [0.4, 0.5) is 5.69 Å². The first-order valence-electron chi connectivity index (χ1n) is 7.74. The van der Waals surface area contributed by atoms with Gasteiger partial charge in [0.05, 0.1) is 11.9 Å². The molecule has 0 radical (unpaired) electrons. The van der Waals surface area contributed by atoms with E-state index in [1.807, 2.05) is 12.4 Å². The summed E-state index contributed by atoms with van der Waals surface area (Å²) in [6.45, 7) is 7.62. The van der Waals surface area contributed by atoms with E-state index in [-0.39, 0.29) is 0 Å². The molecule has 112 valence electrons. The summed E-state index contributed by atoms with van der Waals surface area (Å²) in [5, 5.41) is 3.42. The molecule has 0 amide bonds. The van der Waals surface area contributed by atoms with Crippen LogP contribution in [0.5, 0.6) is 0 Å². The van der Waals surface area contributed by atoms with Crippen molar-refractivity contribution in [2.24, 2.45) is 5.92 Å². The third-order valence-electron chi connectivity index (χ3n) is 4.03. The molecule has 20 heavy (non-hydrogen) atoms. The molecule has 2 rings (SSSR count). The van der Waals surface area contributed by atoms with Gasteiger partial charge in [-0.1, -0.05) is 6.92 Å². The Morgan fingerprint density at radius 3 is 2.75 bits per heavy atom. The number of piperidine rings is 1. The molecule has 0 spiro atoms. The summed E-state index contributed by atoms with van der Waals surface area (Å²) in [6, 6.07) is 2.14. The van der Waals surface area contributed by atoms with Gasteiger partial charge in [0.25, 0.3) is 0 Å². The number of hydrogen-bond donors (Lipinski definition) is 1. The van der Waals surface area contributed by atoms with E-state index in [4.69, 9.17) is 0 Å². The second-order valence-corrected chi connectivity index (χ2v) is 5.98. The molecular formula is C16H28N4. The number of pyridine rings is 1. The maximum atomic E-state index is 4.32. The Kier molecular flexibility index (Phi) is 5.80. The molecule has 1 fully saturated rings. The molecule has 1 aromatic heterocycles. The average molecular weight is 276 g/mol. The molecule has 1 N–H and O–H groups in total.